The number of carbonyl (C=O) groups is 3. The lowest BCUT2D eigenvalue weighted by atomic mass is 10.0. The number of benzene rings is 2. The molecule has 2 atom stereocenters. The van der Waals surface area contributed by atoms with E-state index in [1.54, 1.807) is 24.3 Å². The van der Waals surface area contributed by atoms with Crippen molar-refractivity contribution in [3.8, 4) is 11.1 Å². The van der Waals surface area contributed by atoms with Crippen LogP contribution in [-0.4, -0.2) is 101 Å². The van der Waals surface area contributed by atoms with Crippen LogP contribution in [0.15, 0.2) is 48.5 Å². The molecule has 1 heterocycles. The zero-order chi connectivity index (χ0) is 26.8. The fourth-order valence-electron chi connectivity index (χ4n) is 4.15. The molecule has 3 amide bonds. The van der Waals surface area contributed by atoms with Gasteiger partial charge >= 0.3 is 0 Å². The van der Waals surface area contributed by atoms with Crippen molar-refractivity contribution in [2.24, 2.45) is 0 Å². The zero-order valence-corrected chi connectivity index (χ0v) is 20.9. The number of hydroxylamine groups is 1. The Morgan fingerprint density at radius 3 is 2.27 bits per heavy atom. The van der Waals surface area contributed by atoms with Gasteiger partial charge in [0, 0.05) is 44.8 Å². The molecule has 2 aromatic carbocycles. The fourth-order valence-corrected chi connectivity index (χ4v) is 4.15. The zero-order valence-electron chi connectivity index (χ0n) is 20.9. The number of carbonyl (C=O) groups excluding carboxylic acids is 3. The van der Waals surface area contributed by atoms with Crippen LogP contribution in [0.2, 0.25) is 0 Å². The standard InChI is InChI=1S/C26H35N5O6/c1-18(33)24(26(36)29-37)28-25(35)21-7-5-20(6-8-21)22-4-2-3-19(15-22)16-27-23(34)17-31-11-9-30(10-12-31)13-14-32/h2-8,15,18,24,32-33,37H,9-14,16-17H2,1H3,(H,27,34)(H,28,35)(H,29,36)/t18-,24+/m1/s1. The molecule has 11 nitrogen and oxygen atoms in total. The molecule has 0 aliphatic carbocycles. The van der Waals surface area contributed by atoms with E-state index in [0.717, 1.165) is 42.9 Å². The van der Waals surface area contributed by atoms with Crippen LogP contribution >= 0.6 is 0 Å². The Balaban J connectivity index is 1.53. The first-order chi connectivity index (χ1) is 17.8. The SMILES string of the molecule is C[C@@H](O)[C@H](NC(=O)c1ccc(-c2cccc(CNC(=O)CN3CCN(CCO)CC3)c2)cc1)C(=O)NO. The number of piperazine rings is 1. The van der Waals surface area contributed by atoms with E-state index in [4.69, 9.17) is 10.3 Å². The first-order valence-corrected chi connectivity index (χ1v) is 12.2. The molecule has 3 rings (SSSR count). The summed E-state index contributed by atoms with van der Waals surface area (Å²) in [5.41, 5.74) is 4.45. The maximum absolute atomic E-state index is 12.5. The summed E-state index contributed by atoms with van der Waals surface area (Å²) in [6.07, 6.45) is -1.19. The van der Waals surface area contributed by atoms with E-state index in [0.29, 0.717) is 25.2 Å². The van der Waals surface area contributed by atoms with Crippen LogP contribution in [0.1, 0.15) is 22.8 Å². The Hall–Kier alpha value is -3.35. The van der Waals surface area contributed by atoms with Gasteiger partial charge in [-0.2, -0.15) is 0 Å². The molecule has 6 N–H and O–H groups in total. The normalized spacial score (nSPS) is 16.0. The summed E-state index contributed by atoms with van der Waals surface area (Å²) >= 11 is 0. The van der Waals surface area contributed by atoms with Gasteiger partial charge in [-0.3, -0.25) is 29.4 Å². The van der Waals surface area contributed by atoms with Gasteiger partial charge in [-0.05, 0) is 41.8 Å². The van der Waals surface area contributed by atoms with Crippen LogP contribution in [-0.2, 0) is 16.1 Å². The molecule has 0 radical (unpaired) electrons. The summed E-state index contributed by atoms with van der Waals surface area (Å²) in [5.74, 6) is -1.52. The van der Waals surface area contributed by atoms with Crippen molar-refractivity contribution in [2.45, 2.75) is 25.6 Å². The highest BCUT2D eigenvalue weighted by Crippen LogP contribution is 2.21. The monoisotopic (exact) mass is 513 g/mol. The highest BCUT2D eigenvalue weighted by molar-refractivity contribution is 5.98. The summed E-state index contributed by atoms with van der Waals surface area (Å²) in [6, 6.07) is 13.2. The minimum Gasteiger partial charge on any atom is -0.395 e. The number of nitrogens with one attached hydrogen (secondary N) is 3. The third-order valence-electron chi connectivity index (χ3n) is 6.31. The highest BCUT2D eigenvalue weighted by atomic mass is 16.5. The molecule has 200 valence electrons. The third-order valence-corrected chi connectivity index (χ3v) is 6.31. The van der Waals surface area contributed by atoms with E-state index in [9.17, 15) is 19.5 Å². The summed E-state index contributed by atoms with van der Waals surface area (Å²) < 4.78 is 0. The topological polar surface area (TPSA) is 154 Å². The molecule has 2 aromatic rings. The van der Waals surface area contributed by atoms with Crippen LogP contribution in [0, 0.1) is 0 Å². The van der Waals surface area contributed by atoms with Crippen LogP contribution in [0.25, 0.3) is 11.1 Å². The minimum atomic E-state index is -1.29. The number of rotatable bonds is 11. The van der Waals surface area contributed by atoms with Crippen LogP contribution in [0.4, 0.5) is 0 Å². The van der Waals surface area contributed by atoms with Crippen molar-refractivity contribution < 1.29 is 29.8 Å². The Morgan fingerprint density at radius 2 is 1.65 bits per heavy atom. The van der Waals surface area contributed by atoms with Crippen molar-refractivity contribution in [1.29, 1.82) is 0 Å². The van der Waals surface area contributed by atoms with Gasteiger partial charge in [-0.1, -0.05) is 30.3 Å². The van der Waals surface area contributed by atoms with Gasteiger partial charge in [0.15, 0.2) is 0 Å². The molecule has 0 unspecified atom stereocenters. The molecule has 11 heteroatoms. The van der Waals surface area contributed by atoms with Crippen molar-refractivity contribution in [3.63, 3.8) is 0 Å². The second-order valence-electron chi connectivity index (χ2n) is 9.06. The molecule has 0 saturated carbocycles. The first kappa shape index (κ1) is 28.2. The van der Waals surface area contributed by atoms with Gasteiger partial charge in [-0.15, -0.1) is 0 Å². The quantitative estimate of drug-likeness (QED) is 0.175. The van der Waals surface area contributed by atoms with E-state index in [2.05, 4.69) is 20.4 Å². The number of aliphatic hydroxyl groups is 2. The second kappa shape index (κ2) is 13.8. The Kier molecular flexibility index (Phi) is 10.5. The van der Waals surface area contributed by atoms with Crippen LogP contribution in [0.5, 0.6) is 0 Å². The predicted octanol–water partition coefficient (Wildman–Crippen LogP) is -0.436. The Bertz CT molecular complexity index is 1050. The van der Waals surface area contributed by atoms with Crippen LogP contribution in [0.3, 0.4) is 0 Å². The molecule has 1 aliphatic heterocycles. The summed E-state index contributed by atoms with van der Waals surface area (Å²) in [5, 5.41) is 32.9. The van der Waals surface area contributed by atoms with Gasteiger partial charge in [0.2, 0.25) is 5.91 Å². The number of nitrogens with zero attached hydrogens (tertiary/aromatic N) is 2. The maximum Gasteiger partial charge on any atom is 0.268 e. The average molecular weight is 514 g/mol. The van der Waals surface area contributed by atoms with Crippen molar-refractivity contribution >= 4 is 17.7 Å². The maximum atomic E-state index is 12.5. The highest BCUT2D eigenvalue weighted by Gasteiger charge is 2.25. The van der Waals surface area contributed by atoms with Crippen molar-refractivity contribution in [2.75, 3.05) is 45.9 Å². The molecule has 1 aliphatic rings. The fraction of sp³-hybridized carbons (Fsp3) is 0.423. The first-order valence-electron chi connectivity index (χ1n) is 12.2. The van der Waals surface area contributed by atoms with Crippen molar-refractivity contribution in [1.82, 2.24) is 25.9 Å². The van der Waals surface area contributed by atoms with E-state index < -0.39 is 24.0 Å². The number of amides is 3. The van der Waals surface area contributed by atoms with Gasteiger partial charge in [-0.25, -0.2) is 5.48 Å². The number of hydrogen-bond acceptors (Lipinski definition) is 8. The van der Waals surface area contributed by atoms with Gasteiger partial charge in [0.25, 0.3) is 11.8 Å². The molecule has 37 heavy (non-hydrogen) atoms. The Morgan fingerprint density at radius 1 is 0.973 bits per heavy atom. The third kappa shape index (κ3) is 8.34. The lowest BCUT2D eigenvalue weighted by Gasteiger charge is -2.33. The molecular weight excluding hydrogens is 478 g/mol. The second-order valence-corrected chi connectivity index (χ2v) is 9.06. The molecule has 1 fully saturated rings. The van der Waals surface area contributed by atoms with E-state index in [1.807, 2.05) is 24.3 Å². The Labute approximate surface area is 216 Å². The summed E-state index contributed by atoms with van der Waals surface area (Å²) in [7, 11) is 0. The van der Waals surface area contributed by atoms with Gasteiger partial charge in [0.1, 0.15) is 6.04 Å². The largest absolute Gasteiger partial charge is 0.395 e. The molecule has 1 saturated heterocycles. The number of β-amino-alcohol motifs (C(OH)–C–C–N with tert-alkyl or cyclic N) is 1. The molecule has 0 spiro atoms. The van der Waals surface area contributed by atoms with E-state index in [-0.39, 0.29) is 12.5 Å². The van der Waals surface area contributed by atoms with E-state index in [1.165, 1.54) is 12.4 Å². The van der Waals surface area contributed by atoms with Crippen molar-refractivity contribution in [3.05, 3.63) is 59.7 Å². The van der Waals surface area contributed by atoms with Gasteiger partial charge < -0.3 is 20.8 Å². The van der Waals surface area contributed by atoms with Gasteiger partial charge in [0.05, 0.1) is 19.3 Å². The summed E-state index contributed by atoms with van der Waals surface area (Å²) in [4.78, 5) is 40.8. The summed E-state index contributed by atoms with van der Waals surface area (Å²) in [6.45, 7) is 6.16. The average Bonchev–Trinajstić information content (AvgIpc) is 2.91. The smallest absolute Gasteiger partial charge is 0.268 e. The molecule has 0 aromatic heterocycles. The van der Waals surface area contributed by atoms with E-state index >= 15 is 0 Å². The lowest BCUT2D eigenvalue weighted by Crippen LogP contribution is -2.51. The lowest BCUT2D eigenvalue weighted by molar-refractivity contribution is -0.133. The number of aliphatic hydroxyl groups excluding tert-OH is 2. The predicted molar refractivity (Wildman–Crippen MR) is 137 cm³/mol. The molecule has 0 bridgehead atoms. The van der Waals surface area contributed by atoms with Crippen LogP contribution < -0.4 is 16.1 Å². The molecular formula is C26H35N5O6. The number of hydrogen-bond donors (Lipinski definition) is 6. The minimum absolute atomic E-state index is 0.0400.